The van der Waals surface area contributed by atoms with Crippen molar-refractivity contribution in [3.8, 4) is 0 Å². The number of carbonyl (C=O) groups excluding carboxylic acids is 1. The summed E-state index contributed by atoms with van der Waals surface area (Å²) in [4.78, 5) is 11.3. The molecule has 0 aliphatic rings. The third-order valence-corrected chi connectivity index (χ3v) is 2.03. The Hall–Kier alpha value is -1.33. The molecule has 0 fully saturated rings. The summed E-state index contributed by atoms with van der Waals surface area (Å²) in [7, 11) is -0.943. The van der Waals surface area contributed by atoms with E-state index in [-0.39, 0.29) is 5.97 Å². The van der Waals surface area contributed by atoms with Crippen LogP contribution in [0.5, 0.6) is 0 Å². The zero-order valence-electron chi connectivity index (χ0n) is 9.47. The van der Waals surface area contributed by atoms with E-state index in [2.05, 4.69) is 0 Å². The molecule has 0 atom stereocenters. The molecule has 0 aromatic heterocycles. The van der Waals surface area contributed by atoms with Crippen molar-refractivity contribution < 1.29 is 19.2 Å². The third kappa shape index (κ3) is 3.36. The Morgan fingerprint density at radius 3 is 2.38 bits per heavy atom. The summed E-state index contributed by atoms with van der Waals surface area (Å²) >= 11 is 0. The molecular weight excluding hydrogens is 207 g/mol. The minimum atomic E-state index is -0.943. The largest absolute Gasteiger partial charge is 0.491 e. The van der Waals surface area contributed by atoms with E-state index in [1.807, 2.05) is 0 Å². The molecule has 1 rings (SSSR count). The van der Waals surface area contributed by atoms with Crippen molar-refractivity contribution in [1.29, 1.82) is 0 Å². The fraction of sp³-hybridized carbons (Fsp3) is 0.364. The molecule has 5 heteroatoms. The number of hydrogen-bond acceptors (Lipinski definition) is 4. The molecule has 1 aromatic rings. The van der Waals surface area contributed by atoms with Crippen molar-refractivity contribution in [2.45, 2.75) is 13.8 Å². The van der Waals surface area contributed by atoms with Crippen molar-refractivity contribution in [1.82, 2.24) is 0 Å². The molecular formula is C11H15BO4. The normalized spacial score (nSPS) is 9.94. The van der Waals surface area contributed by atoms with Gasteiger partial charge in [-0.1, -0.05) is 12.1 Å². The molecule has 4 nitrogen and oxygen atoms in total. The van der Waals surface area contributed by atoms with Gasteiger partial charge in [-0.3, -0.25) is 0 Å². The van der Waals surface area contributed by atoms with Crippen LogP contribution in [0.2, 0.25) is 0 Å². The predicted molar refractivity (Wildman–Crippen MR) is 61.6 cm³/mol. The Bertz CT molecular complexity index is 336. The number of benzene rings is 1. The molecule has 0 saturated carbocycles. The maximum Gasteiger partial charge on any atom is 0.491 e. The van der Waals surface area contributed by atoms with Gasteiger partial charge in [-0.05, 0) is 31.4 Å². The van der Waals surface area contributed by atoms with Crippen LogP contribution in [0.3, 0.4) is 0 Å². The van der Waals surface area contributed by atoms with Crippen LogP contribution in [0.4, 0.5) is 0 Å². The lowest BCUT2D eigenvalue weighted by Crippen LogP contribution is -2.33. The highest BCUT2D eigenvalue weighted by Crippen LogP contribution is 2.00. The number of esters is 1. The zero-order chi connectivity index (χ0) is 12.0. The first-order chi connectivity index (χ1) is 7.69. The van der Waals surface area contributed by atoms with E-state index in [4.69, 9.17) is 9.39 Å². The van der Waals surface area contributed by atoms with Gasteiger partial charge in [0.25, 0.3) is 0 Å². The molecule has 0 unspecified atom stereocenters. The van der Waals surface area contributed by atoms with Crippen molar-refractivity contribution >= 4 is 18.6 Å². The van der Waals surface area contributed by atoms with Crippen LogP contribution in [-0.4, -0.2) is 31.3 Å². The van der Waals surface area contributed by atoms with Crippen LogP contribution >= 0.6 is 0 Å². The van der Waals surface area contributed by atoms with Gasteiger partial charge in [-0.2, -0.15) is 0 Å². The first-order valence-corrected chi connectivity index (χ1v) is 5.25. The van der Waals surface area contributed by atoms with Crippen molar-refractivity contribution in [3.05, 3.63) is 29.8 Å². The van der Waals surface area contributed by atoms with E-state index in [1.54, 1.807) is 38.1 Å². The van der Waals surface area contributed by atoms with E-state index in [0.29, 0.717) is 24.2 Å². The van der Waals surface area contributed by atoms with E-state index in [9.17, 15) is 9.82 Å². The van der Waals surface area contributed by atoms with Crippen LogP contribution < -0.4 is 5.46 Å². The Kier molecular flexibility index (Phi) is 5.02. The van der Waals surface area contributed by atoms with E-state index >= 15 is 0 Å². The number of rotatable bonds is 5. The van der Waals surface area contributed by atoms with Crippen molar-refractivity contribution in [2.75, 3.05) is 13.2 Å². The number of carbonyl (C=O) groups is 1. The van der Waals surface area contributed by atoms with Crippen molar-refractivity contribution in [2.24, 2.45) is 0 Å². The standard InChI is InChI=1S/C11H15BO4/c1-3-15-11(13)9-5-7-10(8-6-9)12(14)16-4-2/h5-8,14H,3-4H2,1-2H3. The van der Waals surface area contributed by atoms with E-state index in [0.717, 1.165) is 0 Å². The zero-order valence-corrected chi connectivity index (χ0v) is 9.47. The Labute approximate surface area is 95.3 Å². The Morgan fingerprint density at radius 1 is 1.25 bits per heavy atom. The van der Waals surface area contributed by atoms with E-state index < -0.39 is 7.12 Å². The van der Waals surface area contributed by atoms with Crippen LogP contribution in [0.25, 0.3) is 0 Å². The molecule has 0 radical (unpaired) electrons. The second-order valence-corrected chi connectivity index (χ2v) is 3.15. The first kappa shape index (κ1) is 12.7. The first-order valence-electron chi connectivity index (χ1n) is 5.25. The molecule has 0 saturated heterocycles. The van der Waals surface area contributed by atoms with Gasteiger partial charge in [-0.25, -0.2) is 4.79 Å². The maximum absolute atomic E-state index is 11.3. The summed E-state index contributed by atoms with van der Waals surface area (Å²) in [5.41, 5.74) is 1.09. The molecule has 86 valence electrons. The second kappa shape index (κ2) is 6.30. The van der Waals surface area contributed by atoms with E-state index in [1.165, 1.54) is 0 Å². The lowest BCUT2D eigenvalue weighted by Gasteiger charge is -2.06. The third-order valence-electron chi connectivity index (χ3n) is 2.03. The topological polar surface area (TPSA) is 55.8 Å². The Balaban J connectivity index is 2.71. The smallest absolute Gasteiger partial charge is 0.462 e. The molecule has 0 aliphatic carbocycles. The molecule has 0 aliphatic heterocycles. The molecule has 1 aromatic carbocycles. The lowest BCUT2D eigenvalue weighted by atomic mass is 9.79. The van der Waals surface area contributed by atoms with Crippen molar-refractivity contribution in [3.63, 3.8) is 0 Å². The highest BCUT2D eigenvalue weighted by atomic mass is 16.5. The van der Waals surface area contributed by atoms with Gasteiger partial charge in [0.2, 0.25) is 0 Å². The van der Waals surface area contributed by atoms with Gasteiger partial charge in [0, 0.05) is 6.61 Å². The van der Waals surface area contributed by atoms with Gasteiger partial charge in [0.1, 0.15) is 0 Å². The van der Waals surface area contributed by atoms with Crippen LogP contribution in [0, 0.1) is 0 Å². The van der Waals surface area contributed by atoms with Gasteiger partial charge in [0.15, 0.2) is 0 Å². The Morgan fingerprint density at radius 2 is 1.88 bits per heavy atom. The maximum atomic E-state index is 11.3. The number of hydrogen-bond donors (Lipinski definition) is 1. The number of ether oxygens (including phenoxy) is 1. The lowest BCUT2D eigenvalue weighted by molar-refractivity contribution is 0.0526. The summed E-state index contributed by atoms with van der Waals surface area (Å²) in [6, 6.07) is 6.50. The molecule has 0 amide bonds. The predicted octanol–water partition coefficient (Wildman–Crippen LogP) is 0.587. The highest BCUT2D eigenvalue weighted by Gasteiger charge is 2.16. The van der Waals surface area contributed by atoms with Crippen LogP contribution in [-0.2, 0) is 9.39 Å². The minimum absolute atomic E-state index is 0.349. The SMILES string of the molecule is CCOB(O)c1ccc(C(=O)OCC)cc1. The summed E-state index contributed by atoms with van der Waals surface area (Å²) in [6.45, 7) is 4.34. The summed E-state index contributed by atoms with van der Waals surface area (Å²) in [5.74, 6) is -0.361. The second-order valence-electron chi connectivity index (χ2n) is 3.15. The summed E-state index contributed by atoms with van der Waals surface area (Å²) in [6.07, 6.45) is 0. The average molecular weight is 222 g/mol. The molecule has 16 heavy (non-hydrogen) atoms. The summed E-state index contributed by atoms with van der Waals surface area (Å²) < 4.78 is 9.86. The van der Waals surface area contributed by atoms with Gasteiger partial charge in [-0.15, -0.1) is 0 Å². The average Bonchev–Trinajstić information content (AvgIpc) is 2.30. The fourth-order valence-corrected chi connectivity index (χ4v) is 1.25. The summed E-state index contributed by atoms with van der Waals surface area (Å²) in [5, 5.41) is 9.51. The molecule has 1 N–H and O–H groups in total. The van der Waals surface area contributed by atoms with Gasteiger partial charge >= 0.3 is 13.1 Å². The van der Waals surface area contributed by atoms with Crippen LogP contribution in [0.1, 0.15) is 24.2 Å². The monoisotopic (exact) mass is 222 g/mol. The van der Waals surface area contributed by atoms with Gasteiger partial charge in [0.05, 0.1) is 12.2 Å². The van der Waals surface area contributed by atoms with Crippen LogP contribution in [0.15, 0.2) is 24.3 Å². The highest BCUT2D eigenvalue weighted by molar-refractivity contribution is 6.59. The molecule has 0 spiro atoms. The fourth-order valence-electron chi connectivity index (χ4n) is 1.25. The van der Waals surface area contributed by atoms with Gasteiger partial charge < -0.3 is 14.4 Å². The molecule has 0 bridgehead atoms. The quantitative estimate of drug-likeness (QED) is 0.585. The minimum Gasteiger partial charge on any atom is -0.462 e. The molecule has 0 heterocycles.